The fourth-order valence-electron chi connectivity index (χ4n) is 1.06. The lowest BCUT2D eigenvalue weighted by Crippen LogP contribution is -2.32. The Bertz CT molecular complexity index is 420. The molecule has 0 aliphatic rings. The maximum absolute atomic E-state index is 11.1. The van der Waals surface area contributed by atoms with Crippen LogP contribution in [-0.4, -0.2) is 27.3 Å². The molecule has 0 radical (unpaired) electrons. The third-order valence-electron chi connectivity index (χ3n) is 1.93. The van der Waals surface area contributed by atoms with E-state index in [4.69, 9.17) is 16.0 Å². The van der Waals surface area contributed by atoms with Gasteiger partial charge in [0.1, 0.15) is 5.76 Å². The molecule has 0 saturated carbocycles. The normalized spacial score (nSPS) is 11.2. The quantitative estimate of drug-likeness (QED) is 0.747. The van der Waals surface area contributed by atoms with Crippen molar-refractivity contribution in [2.75, 3.05) is 18.8 Å². The van der Waals surface area contributed by atoms with Crippen molar-refractivity contribution in [1.29, 1.82) is 0 Å². The molecule has 1 rings (SSSR count). The lowest BCUT2D eigenvalue weighted by molar-refractivity contribution is 0.485. The number of nitrogens with one attached hydrogen (secondary N) is 2. The molecule has 0 atom stereocenters. The van der Waals surface area contributed by atoms with Crippen LogP contribution in [-0.2, 0) is 16.6 Å². The van der Waals surface area contributed by atoms with Crippen LogP contribution in [0.2, 0.25) is 5.22 Å². The molecule has 0 unspecified atom stereocenters. The van der Waals surface area contributed by atoms with Gasteiger partial charge in [0.2, 0.25) is 10.0 Å². The lowest BCUT2D eigenvalue weighted by Gasteiger charge is -2.04. The van der Waals surface area contributed by atoms with E-state index < -0.39 is 10.0 Å². The van der Waals surface area contributed by atoms with E-state index in [1.54, 1.807) is 19.1 Å². The summed E-state index contributed by atoms with van der Waals surface area (Å²) in [6.45, 7) is 3.03. The van der Waals surface area contributed by atoms with Crippen LogP contribution in [0.4, 0.5) is 0 Å². The number of rotatable bonds is 7. The van der Waals surface area contributed by atoms with Crippen molar-refractivity contribution < 1.29 is 12.8 Å². The second kappa shape index (κ2) is 7.94. The lowest BCUT2D eigenvalue weighted by atomic mass is 10.4. The molecule has 1 aromatic heterocycles. The molecule has 0 aliphatic carbocycles. The van der Waals surface area contributed by atoms with Gasteiger partial charge in [0, 0.05) is 13.1 Å². The van der Waals surface area contributed by atoms with Gasteiger partial charge in [-0.3, -0.25) is 0 Å². The van der Waals surface area contributed by atoms with Gasteiger partial charge in [-0.2, -0.15) is 0 Å². The van der Waals surface area contributed by atoms with Gasteiger partial charge in [0.15, 0.2) is 5.22 Å². The fourth-order valence-corrected chi connectivity index (χ4v) is 1.83. The number of hydrogen-bond donors (Lipinski definition) is 2. The molecule has 0 bridgehead atoms. The Kier molecular flexibility index (Phi) is 7.82. The van der Waals surface area contributed by atoms with Crippen molar-refractivity contribution in [2.24, 2.45) is 0 Å². The van der Waals surface area contributed by atoms with Gasteiger partial charge < -0.3 is 9.73 Å². The molecular formula is C9H16Cl2N2O3S. The molecule has 0 amide bonds. The summed E-state index contributed by atoms with van der Waals surface area (Å²) >= 11 is 5.59. The molecule has 0 fully saturated rings. The summed E-state index contributed by atoms with van der Waals surface area (Å²) < 4.78 is 29.7. The van der Waals surface area contributed by atoms with E-state index in [9.17, 15) is 8.42 Å². The molecule has 2 N–H and O–H groups in total. The topological polar surface area (TPSA) is 71.3 Å². The highest BCUT2D eigenvalue weighted by Crippen LogP contribution is 2.12. The van der Waals surface area contributed by atoms with Crippen LogP contribution >= 0.6 is 24.0 Å². The smallest absolute Gasteiger partial charge is 0.211 e. The van der Waals surface area contributed by atoms with Crippen molar-refractivity contribution in [3.63, 3.8) is 0 Å². The largest absolute Gasteiger partial charge is 0.448 e. The first-order valence-corrected chi connectivity index (χ1v) is 6.99. The van der Waals surface area contributed by atoms with Gasteiger partial charge in [-0.15, -0.1) is 12.4 Å². The number of furan rings is 1. The van der Waals surface area contributed by atoms with E-state index in [1.807, 2.05) is 0 Å². The van der Waals surface area contributed by atoms with Crippen LogP contribution in [0.1, 0.15) is 12.7 Å². The Morgan fingerprint density at radius 3 is 2.59 bits per heavy atom. The Balaban J connectivity index is 0.00000256. The predicted molar refractivity (Wildman–Crippen MR) is 70.1 cm³/mol. The highest BCUT2D eigenvalue weighted by atomic mass is 35.5. The molecule has 1 aromatic rings. The van der Waals surface area contributed by atoms with Crippen LogP contribution in [0.25, 0.3) is 0 Å². The van der Waals surface area contributed by atoms with Crippen molar-refractivity contribution >= 4 is 34.0 Å². The van der Waals surface area contributed by atoms with E-state index >= 15 is 0 Å². The van der Waals surface area contributed by atoms with E-state index in [1.165, 1.54) is 0 Å². The highest BCUT2D eigenvalue weighted by molar-refractivity contribution is 7.89. The van der Waals surface area contributed by atoms with Gasteiger partial charge >= 0.3 is 0 Å². The highest BCUT2D eigenvalue weighted by Gasteiger charge is 2.04. The number of halogens is 2. The Morgan fingerprint density at radius 2 is 2.06 bits per heavy atom. The second-order valence-corrected chi connectivity index (χ2v) is 5.65. The summed E-state index contributed by atoms with van der Waals surface area (Å²) in [4.78, 5) is 0. The summed E-state index contributed by atoms with van der Waals surface area (Å²) in [6.07, 6.45) is 0. The second-order valence-electron chi connectivity index (χ2n) is 3.18. The SMILES string of the molecule is CCS(=O)(=O)NCCNCc1ccc(Cl)o1.Cl. The standard InChI is InChI=1S/C9H15ClN2O3S.ClH/c1-2-16(13,14)12-6-5-11-7-8-3-4-9(10)15-8;/h3-4,11-12H,2,5-7H2,1H3;1H. The van der Waals surface area contributed by atoms with E-state index in [2.05, 4.69) is 10.0 Å². The number of sulfonamides is 1. The maximum Gasteiger partial charge on any atom is 0.211 e. The molecule has 0 spiro atoms. The van der Waals surface area contributed by atoms with Gasteiger partial charge in [-0.25, -0.2) is 13.1 Å². The van der Waals surface area contributed by atoms with E-state index in [-0.39, 0.29) is 18.2 Å². The van der Waals surface area contributed by atoms with Crippen molar-refractivity contribution in [3.8, 4) is 0 Å². The average molecular weight is 303 g/mol. The van der Waals surface area contributed by atoms with Crippen LogP contribution in [0, 0.1) is 0 Å². The van der Waals surface area contributed by atoms with Gasteiger partial charge in [-0.05, 0) is 30.7 Å². The predicted octanol–water partition coefficient (Wildman–Crippen LogP) is 1.38. The summed E-state index contributed by atoms with van der Waals surface area (Å²) in [5.74, 6) is 0.823. The number of hydrogen-bond acceptors (Lipinski definition) is 4. The molecule has 1 heterocycles. The van der Waals surface area contributed by atoms with Crippen LogP contribution in [0.3, 0.4) is 0 Å². The van der Waals surface area contributed by atoms with Crippen molar-refractivity contribution in [3.05, 3.63) is 23.1 Å². The molecule has 0 saturated heterocycles. The minimum atomic E-state index is -3.10. The first-order valence-electron chi connectivity index (χ1n) is 4.96. The zero-order valence-corrected chi connectivity index (χ0v) is 11.8. The molecule has 100 valence electrons. The fraction of sp³-hybridized carbons (Fsp3) is 0.556. The summed E-state index contributed by atoms with van der Waals surface area (Å²) in [5.41, 5.74) is 0. The van der Waals surface area contributed by atoms with Gasteiger partial charge in [0.25, 0.3) is 0 Å². The van der Waals surface area contributed by atoms with Crippen LogP contribution in [0.5, 0.6) is 0 Å². The summed E-state index contributed by atoms with van der Waals surface area (Å²) in [5, 5.41) is 3.38. The van der Waals surface area contributed by atoms with Crippen LogP contribution in [0.15, 0.2) is 16.5 Å². The first kappa shape index (κ1) is 16.7. The minimum Gasteiger partial charge on any atom is -0.448 e. The Hall–Kier alpha value is -0.270. The summed E-state index contributed by atoms with van der Waals surface area (Å²) in [7, 11) is -3.10. The van der Waals surface area contributed by atoms with Crippen molar-refractivity contribution in [1.82, 2.24) is 10.0 Å². The summed E-state index contributed by atoms with van der Waals surface area (Å²) in [6, 6.07) is 3.43. The maximum atomic E-state index is 11.1. The van der Waals surface area contributed by atoms with Gasteiger partial charge in [0.05, 0.1) is 12.3 Å². The van der Waals surface area contributed by atoms with E-state index in [0.717, 1.165) is 5.76 Å². The Morgan fingerprint density at radius 1 is 1.35 bits per heavy atom. The molecule has 0 aliphatic heterocycles. The van der Waals surface area contributed by atoms with Crippen LogP contribution < -0.4 is 10.0 Å². The monoisotopic (exact) mass is 302 g/mol. The molecule has 8 heteroatoms. The van der Waals surface area contributed by atoms with E-state index in [0.29, 0.717) is 24.9 Å². The zero-order chi connectivity index (χ0) is 12.0. The first-order chi connectivity index (χ1) is 7.53. The van der Waals surface area contributed by atoms with Crippen molar-refractivity contribution in [2.45, 2.75) is 13.5 Å². The zero-order valence-electron chi connectivity index (χ0n) is 9.40. The minimum absolute atomic E-state index is 0. The third kappa shape index (κ3) is 6.90. The average Bonchev–Trinajstić information content (AvgIpc) is 2.64. The Labute approximate surface area is 112 Å². The molecule has 5 nitrogen and oxygen atoms in total. The van der Waals surface area contributed by atoms with Gasteiger partial charge in [-0.1, -0.05) is 0 Å². The molecule has 17 heavy (non-hydrogen) atoms. The molecular weight excluding hydrogens is 287 g/mol. The molecule has 0 aromatic carbocycles. The third-order valence-corrected chi connectivity index (χ3v) is 3.54.